The molecule has 0 aliphatic heterocycles. The van der Waals surface area contributed by atoms with E-state index in [1.807, 2.05) is 18.2 Å². The molecule has 0 radical (unpaired) electrons. The average Bonchev–Trinajstić information content (AvgIpc) is 2.77. The van der Waals surface area contributed by atoms with Crippen molar-refractivity contribution in [3.8, 4) is 5.69 Å². The first-order chi connectivity index (χ1) is 7.35. The number of rotatable bonds is 3. The third kappa shape index (κ3) is 1.80. The number of hydrogen-bond donors (Lipinski definition) is 1. The van der Waals surface area contributed by atoms with Crippen LogP contribution in [0.15, 0.2) is 36.5 Å². The topological polar surface area (TPSA) is 60.9 Å². The van der Waals surface area contributed by atoms with E-state index in [-0.39, 0.29) is 0 Å². The first-order valence-corrected chi connectivity index (χ1v) is 4.63. The van der Waals surface area contributed by atoms with Crippen LogP contribution in [-0.4, -0.2) is 16.1 Å². The monoisotopic (exact) mass is 201 g/mol. The molecule has 0 saturated carbocycles. The Balaban J connectivity index is 2.41. The molecule has 1 aromatic heterocycles. The van der Waals surface area contributed by atoms with Crippen molar-refractivity contribution in [1.82, 2.24) is 9.78 Å². The van der Waals surface area contributed by atoms with Crippen LogP contribution in [0.5, 0.6) is 0 Å². The van der Waals surface area contributed by atoms with E-state index in [0.717, 1.165) is 17.7 Å². The summed E-state index contributed by atoms with van der Waals surface area (Å²) in [5, 5.41) is 4.16. The Kier molecular flexibility index (Phi) is 2.60. The minimum Gasteiger partial charge on any atom is -0.325 e. The van der Waals surface area contributed by atoms with Crippen LogP contribution >= 0.6 is 0 Å². The molecular weight excluding hydrogens is 190 g/mol. The summed E-state index contributed by atoms with van der Waals surface area (Å²) >= 11 is 0. The Morgan fingerprint density at radius 3 is 2.60 bits per heavy atom. The predicted molar refractivity (Wildman–Crippen MR) is 56.8 cm³/mol. The summed E-state index contributed by atoms with van der Waals surface area (Å²) < 4.78 is 1.76. The van der Waals surface area contributed by atoms with Gasteiger partial charge in [0.05, 0.1) is 11.4 Å². The van der Waals surface area contributed by atoms with E-state index in [1.165, 1.54) is 0 Å². The van der Waals surface area contributed by atoms with Crippen molar-refractivity contribution in [1.29, 1.82) is 0 Å². The Labute approximate surface area is 87.3 Å². The van der Waals surface area contributed by atoms with Crippen LogP contribution in [0.3, 0.4) is 0 Å². The highest BCUT2D eigenvalue weighted by Gasteiger charge is 2.02. The summed E-state index contributed by atoms with van der Waals surface area (Å²) in [6.45, 7) is 0.440. The van der Waals surface area contributed by atoms with Gasteiger partial charge in [0.25, 0.3) is 0 Å². The maximum Gasteiger partial charge on any atom is 0.150 e. The number of carbonyl (C=O) groups excluding carboxylic acids is 1. The number of carbonyl (C=O) groups is 1. The lowest BCUT2D eigenvalue weighted by Crippen LogP contribution is -2.06. The molecule has 4 heteroatoms. The lowest BCUT2D eigenvalue weighted by molar-refractivity contribution is 0.112. The zero-order chi connectivity index (χ0) is 10.7. The van der Waals surface area contributed by atoms with E-state index >= 15 is 0 Å². The van der Waals surface area contributed by atoms with Crippen LogP contribution in [0.25, 0.3) is 5.69 Å². The normalized spacial score (nSPS) is 10.2. The van der Waals surface area contributed by atoms with E-state index in [9.17, 15) is 4.79 Å². The first kappa shape index (κ1) is 9.61. The molecule has 76 valence electrons. The van der Waals surface area contributed by atoms with Gasteiger partial charge in [-0.1, -0.05) is 0 Å². The highest BCUT2D eigenvalue weighted by Crippen LogP contribution is 2.10. The van der Waals surface area contributed by atoms with Crippen LogP contribution < -0.4 is 5.73 Å². The van der Waals surface area contributed by atoms with E-state index < -0.39 is 0 Å². The van der Waals surface area contributed by atoms with Gasteiger partial charge in [0.2, 0.25) is 0 Å². The van der Waals surface area contributed by atoms with Crippen molar-refractivity contribution in [2.45, 2.75) is 6.54 Å². The minimum absolute atomic E-state index is 0.440. The number of hydrogen-bond acceptors (Lipinski definition) is 3. The van der Waals surface area contributed by atoms with Crippen LogP contribution in [0, 0.1) is 0 Å². The second kappa shape index (κ2) is 4.06. The number of nitrogens with two attached hydrogens (primary N) is 1. The summed E-state index contributed by atoms with van der Waals surface area (Å²) in [4.78, 5) is 10.5. The van der Waals surface area contributed by atoms with E-state index in [4.69, 9.17) is 5.73 Å². The van der Waals surface area contributed by atoms with Gasteiger partial charge in [-0.25, -0.2) is 4.68 Å². The van der Waals surface area contributed by atoms with Crippen LogP contribution in [0.4, 0.5) is 0 Å². The largest absolute Gasteiger partial charge is 0.325 e. The van der Waals surface area contributed by atoms with Crippen molar-refractivity contribution in [2.75, 3.05) is 0 Å². The molecule has 0 aliphatic rings. The van der Waals surface area contributed by atoms with Gasteiger partial charge in [-0.15, -0.1) is 0 Å². The Bertz CT molecular complexity index is 459. The SMILES string of the molecule is NCc1ccnn1-c1ccc(C=O)cc1. The highest BCUT2D eigenvalue weighted by atomic mass is 16.1. The zero-order valence-corrected chi connectivity index (χ0v) is 8.13. The predicted octanol–water partition coefficient (Wildman–Crippen LogP) is 1.14. The van der Waals surface area contributed by atoms with Crippen molar-refractivity contribution >= 4 is 6.29 Å². The summed E-state index contributed by atoms with van der Waals surface area (Å²) in [6.07, 6.45) is 2.52. The molecular formula is C11H11N3O. The second-order valence-corrected chi connectivity index (χ2v) is 3.15. The molecule has 1 heterocycles. The fourth-order valence-electron chi connectivity index (χ4n) is 1.41. The molecule has 0 spiro atoms. The maximum atomic E-state index is 10.5. The molecule has 0 aliphatic carbocycles. The maximum absolute atomic E-state index is 10.5. The van der Waals surface area contributed by atoms with Crippen molar-refractivity contribution in [3.63, 3.8) is 0 Å². The van der Waals surface area contributed by atoms with Crippen molar-refractivity contribution in [3.05, 3.63) is 47.8 Å². The fourth-order valence-corrected chi connectivity index (χ4v) is 1.41. The van der Waals surface area contributed by atoms with Gasteiger partial charge in [0.15, 0.2) is 0 Å². The average molecular weight is 201 g/mol. The first-order valence-electron chi connectivity index (χ1n) is 4.63. The second-order valence-electron chi connectivity index (χ2n) is 3.15. The molecule has 4 nitrogen and oxygen atoms in total. The van der Waals surface area contributed by atoms with E-state index in [2.05, 4.69) is 5.10 Å². The fraction of sp³-hybridized carbons (Fsp3) is 0.0909. The standard InChI is InChI=1S/C11H11N3O/c12-7-11-5-6-13-14(11)10-3-1-9(8-15)2-4-10/h1-6,8H,7,12H2. The van der Waals surface area contributed by atoms with Crippen LogP contribution in [0.2, 0.25) is 0 Å². The molecule has 0 unspecified atom stereocenters. The Morgan fingerprint density at radius 1 is 1.27 bits per heavy atom. The van der Waals surface area contributed by atoms with Gasteiger partial charge in [-0.05, 0) is 30.3 Å². The van der Waals surface area contributed by atoms with E-state index in [1.54, 1.807) is 23.0 Å². The van der Waals surface area contributed by atoms with Gasteiger partial charge in [-0.2, -0.15) is 5.10 Å². The molecule has 2 rings (SSSR count). The summed E-state index contributed by atoms with van der Waals surface area (Å²) in [5.41, 5.74) is 8.07. The molecule has 15 heavy (non-hydrogen) atoms. The number of benzene rings is 1. The Hall–Kier alpha value is -1.94. The summed E-state index contributed by atoms with van der Waals surface area (Å²) in [5.74, 6) is 0. The van der Waals surface area contributed by atoms with Crippen molar-refractivity contribution in [2.24, 2.45) is 5.73 Å². The number of aromatic nitrogens is 2. The lowest BCUT2D eigenvalue weighted by atomic mass is 10.2. The molecule has 0 fully saturated rings. The van der Waals surface area contributed by atoms with Crippen LogP contribution in [0.1, 0.15) is 16.1 Å². The van der Waals surface area contributed by atoms with Gasteiger partial charge in [0.1, 0.15) is 6.29 Å². The minimum atomic E-state index is 0.440. The molecule has 0 bridgehead atoms. The molecule has 1 aromatic carbocycles. The quantitative estimate of drug-likeness (QED) is 0.757. The third-order valence-corrected chi connectivity index (χ3v) is 2.20. The molecule has 0 amide bonds. The number of aldehydes is 1. The van der Waals surface area contributed by atoms with Gasteiger partial charge in [0, 0.05) is 18.3 Å². The third-order valence-electron chi connectivity index (χ3n) is 2.20. The molecule has 2 aromatic rings. The van der Waals surface area contributed by atoms with E-state index in [0.29, 0.717) is 12.1 Å². The van der Waals surface area contributed by atoms with Crippen LogP contribution in [-0.2, 0) is 6.54 Å². The molecule has 2 N–H and O–H groups in total. The van der Waals surface area contributed by atoms with Crippen molar-refractivity contribution < 1.29 is 4.79 Å². The summed E-state index contributed by atoms with van der Waals surface area (Å²) in [7, 11) is 0. The molecule has 0 saturated heterocycles. The highest BCUT2D eigenvalue weighted by molar-refractivity contribution is 5.75. The van der Waals surface area contributed by atoms with Gasteiger partial charge >= 0.3 is 0 Å². The lowest BCUT2D eigenvalue weighted by Gasteiger charge is -2.05. The smallest absolute Gasteiger partial charge is 0.150 e. The molecule has 0 atom stereocenters. The summed E-state index contributed by atoms with van der Waals surface area (Å²) in [6, 6.07) is 9.06. The van der Waals surface area contributed by atoms with Gasteiger partial charge < -0.3 is 5.73 Å². The Morgan fingerprint density at radius 2 is 2.00 bits per heavy atom. The zero-order valence-electron chi connectivity index (χ0n) is 8.13. The van der Waals surface area contributed by atoms with Gasteiger partial charge in [-0.3, -0.25) is 4.79 Å². The number of nitrogens with zero attached hydrogens (tertiary/aromatic N) is 2.